The molecule has 0 spiro atoms. The lowest BCUT2D eigenvalue weighted by Crippen LogP contribution is -2.14. The third-order valence-electron chi connectivity index (χ3n) is 4.48. The van der Waals surface area contributed by atoms with Crippen LogP contribution in [0, 0.1) is 35.6 Å². The average Bonchev–Trinajstić information content (AvgIpc) is 2.72. The van der Waals surface area contributed by atoms with E-state index in [1.165, 1.54) is 6.07 Å². The maximum absolute atomic E-state index is 13.7. The molecule has 0 heterocycles. The van der Waals surface area contributed by atoms with E-state index in [4.69, 9.17) is 0 Å². The Labute approximate surface area is 182 Å². The number of nitro groups is 1. The topological polar surface area (TPSA) is 114 Å². The second kappa shape index (κ2) is 9.10. The van der Waals surface area contributed by atoms with Crippen LogP contribution in [0.1, 0.15) is 16.7 Å². The van der Waals surface area contributed by atoms with Crippen molar-refractivity contribution in [2.75, 3.05) is 10.1 Å². The molecule has 0 fully saturated rings. The first-order chi connectivity index (χ1) is 15.1. The number of nitrogens with one attached hydrogen (secondary N) is 2. The Morgan fingerprint density at radius 2 is 1.66 bits per heavy atom. The highest BCUT2D eigenvalue weighted by Gasteiger charge is 2.22. The molecule has 0 aliphatic carbocycles. The van der Waals surface area contributed by atoms with E-state index >= 15 is 0 Å². The monoisotopic (exact) mass is 460 g/mol. The lowest BCUT2D eigenvalue weighted by molar-refractivity contribution is -0.384. The zero-order valence-corrected chi connectivity index (χ0v) is 17.8. The van der Waals surface area contributed by atoms with Gasteiger partial charge >= 0.3 is 0 Å². The van der Waals surface area contributed by atoms with Crippen LogP contribution in [-0.4, -0.2) is 19.6 Å². The van der Waals surface area contributed by atoms with Crippen LogP contribution in [0.5, 0.6) is 0 Å². The molecule has 3 aromatic carbocycles. The summed E-state index contributed by atoms with van der Waals surface area (Å²) in [5.41, 5.74) is 3.13. The molecule has 11 heteroatoms. The minimum Gasteiger partial charge on any atom is -0.279 e. The summed E-state index contributed by atoms with van der Waals surface area (Å²) in [5.74, 6) is -1.71. The number of hydrogen-bond donors (Lipinski definition) is 2. The van der Waals surface area contributed by atoms with E-state index < -0.39 is 37.8 Å². The molecule has 166 valence electrons. The Kier molecular flexibility index (Phi) is 6.49. The van der Waals surface area contributed by atoms with Crippen molar-refractivity contribution in [2.45, 2.75) is 18.7 Å². The molecule has 3 aromatic rings. The molecule has 0 unspecified atom stereocenters. The van der Waals surface area contributed by atoms with Crippen LogP contribution in [0.4, 0.5) is 25.8 Å². The number of anilines is 2. The largest absolute Gasteiger partial charge is 0.295 e. The minimum absolute atomic E-state index is 0.159. The molecule has 3 rings (SSSR count). The number of rotatable bonds is 7. The zero-order chi connectivity index (χ0) is 23.5. The van der Waals surface area contributed by atoms with Crippen molar-refractivity contribution in [2.24, 2.45) is 5.10 Å². The van der Waals surface area contributed by atoms with Gasteiger partial charge in [0.25, 0.3) is 15.7 Å². The van der Waals surface area contributed by atoms with Gasteiger partial charge in [0.2, 0.25) is 0 Å². The second-order valence-electron chi connectivity index (χ2n) is 6.87. The van der Waals surface area contributed by atoms with E-state index in [2.05, 4.69) is 15.2 Å². The van der Waals surface area contributed by atoms with Gasteiger partial charge in [0.05, 0.1) is 27.3 Å². The van der Waals surface area contributed by atoms with Gasteiger partial charge in [-0.05, 0) is 49.7 Å². The molecular weight excluding hydrogens is 442 g/mol. The lowest BCUT2D eigenvalue weighted by Gasteiger charge is -2.12. The minimum atomic E-state index is -4.12. The van der Waals surface area contributed by atoms with Crippen LogP contribution in [0.25, 0.3) is 0 Å². The third kappa shape index (κ3) is 5.06. The van der Waals surface area contributed by atoms with Gasteiger partial charge in [0, 0.05) is 6.07 Å². The highest BCUT2D eigenvalue weighted by atomic mass is 32.2. The van der Waals surface area contributed by atoms with E-state index in [9.17, 15) is 27.3 Å². The standard InChI is InChI=1S/C21H18F2N4O4S/c1-13-6-8-19(14(2)10-13)26-32(30,31)15-7-9-20(21(11-15)27(28)29)25-24-12-16-17(22)4-3-5-18(16)23/h3-12,25-26H,1-2H3/b24-12+. The van der Waals surface area contributed by atoms with E-state index in [0.29, 0.717) is 11.3 Å². The van der Waals surface area contributed by atoms with Crippen molar-refractivity contribution in [3.05, 3.63) is 93.0 Å². The van der Waals surface area contributed by atoms with E-state index in [1.54, 1.807) is 25.1 Å². The van der Waals surface area contributed by atoms with Gasteiger partial charge < -0.3 is 0 Å². The van der Waals surface area contributed by atoms with Gasteiger partial charge in [0.15, 0.2) is 0 Å². The van der Waals surface area contributed by atoms with Gasteiger partial charge in [-0.15, -0.1) is 0 Å². The van der Waals surface area contributed by atoms with Crippen molar-refractivity contribution in [3.8, 4) is 0 Å². The first-order valence-corrected chi connectivity index (χ1v) is 10.7. The van der Waals surface area contributed by atoms with Crippen molar-refractivity contribution < 1.29 is 22.1 Å². The molecule has 0 bridgehead atoms. The second-order valence-corrected chi connectivity index (χ2v) is 8.55. The normalized spacial score (nSPS) is 11.5. The number of nitrogens with zero attached hydrogens (tertiary/aromatic N) is 2. The molecular formula is C21H18F2N4O4S. The molecule has 0 atom stereocenters. The van der Waals surface area contributed by atoms with Crippen LogP contribution in [0.2, 0.25) is 0 Å². The average molecular weight is 460 g/mol. The number of benzene rings is 3. The first kappa shape index (κ1) is 22.8. The summed E-state index contributed by atoms with van der Waals surface area (Å²) in [6.07, 6.45) is 0.834. The number of nitro benzene ring substituents is 1. The molecule has 2 N–H and O–H groups in total. The molecule has 0 aliphatic rings. The highest BCUT2D eigenvalue weighted by Crippen LogP contribution is 2.29. The third-order valence-corrected chi connectivity index (χ3v) is 5.84. The maximum Gasteiger partial charge on any atom is 0.295 e. The number of halogens is 2. The molecule has 8 nitrogen and oxygen atoms in total. The lowest BCUT2D eigenvalue weighted by atomic mass is 10.1. The summed E-state index contributed by atoms with van der Waals surface area (Å²) in [4.78, 5) is 10.3. The highest BCUT2D eigenvalue weighted by molar-refractivity contribution is 7.92. The van der Waals surface area contributed by atoms with E-state index in [1.807, 2.05) is 6.92 Å². The van der Waals surface area contributed by atoms with E-state index in [-0.39, 0.29) is 10.6 Å². The SMILES string of the molecule is Cc1ccc(NS(=O)(=O)c2ccc(N/N=C/c3c(F)cccc3F)c([N+](=O)[O-])c2)c(C)c1. The first-order valence-electron chi connectivity index (χ1n) is 9.20. The molecule has 0 aromatic heterocycles. The van der Waals surface area contributed by atoms with Crippen molar-refractivity contribution in [1.82, 2.24) is 0 Å². The summed E-state index contributed by atoms with van der Waals surface area (Å²) in [5, 5.41) is 15.1. The van der Waals surface area contributed by atoms with Crippen molar-refractivity contribution >= 4 is 33.3 Å². The van der Waals surface area contributed by atoms with Gasteiger partial charge in [-0.3, -0.25) is 20.3 Å². The summed E-state index contributed by atoms with van der Waals surface area (Å²) < 4.78 is 55.2. The molecule has 0 amide bonds. The maximum atomic E-state index is 13.7. The van der Waals surface area contributed by atoms with Gasteiger partial charge in [0.1, 0.15) is 17.3 Å². The smallest absolute Gasteiger partial charge is 0.279 e. The van der Waals surface area contributed by atoms with Gasteiger partial charge in [-0.25, -0.2) is 17.2 Å². The fourth-order valence-corrected chi connectivity index (χ4v) is 4.01. The predicted octanol–water partition coefficient (Wildman–Crippen LogP) is 4.74. The summed E-state index contributed by atoms with van der Waals surface area (Å²) in [6.45, 7) is 3.60. The quantitative estimate of drug-likeness (QED) is 0.300. The molecule has 0 aliphatic heterocycles. The Morgan fingerprint density at radius 1 is 1.00 bits per heavy atom. The zero-order valence-electron chi connectivity index (χ0n) is 17.0. The summed E-state index contributed by atoms with van der Waals surface area (Å²) >= 11 is 0. The Balaban J connectivity index is 1.88. The number of sulfonamides is 1. The Hall–Kier alpha value is -3.86. The van der Waals surface area contributed by atoms with Crippen molar-refractivity contribution in [3.63, 3.8) is 0 Å². The molecule has 32 heavy (non-hydrogen) atoms. The van der Waals surface area contributed by atoms with Crippen LogP contribution in [0.3, 0.4) is 0 Å². The number of aryl methyl sites for hydroxylation is 2. The van der Waals surface area contributed by atoms with Crippen molar-refractivity contribution in [1.29, 1.82) is 0 Å². The van der Waals surface area contributed by atoms with Crippen LogP contribution >= 0.6 is 0 Å². The van der Waals surface area contributed by atoms with Crippen LogP contribution < -0.4 is 10.1 Å². The Morgan fingerprint density at radius 3 is 2.28 bits per heavy atom. The fourth-order valence-electron chi connectivity index (χ4n) is 2.86. The Bertz CT molecular complexity index is 1310. The van der Waals surface area contributed by atoms with Gasteiger partial charge in [-0.2, -0.15) is 5.10 Å². The molecule has 0 radical (unpaired) electrons. The fraction of sp³-hybridized carbons (Fsp3) is 0.0952. The van der Waals surface area contributed by atoms with E-state index in [0.717, 1.165) is 42.1 Å². The predicted molar refractivity (Wildman–Crippen MR) is 117 cm³/mol. The van der Waals surface area contributed by atoms with Crippen LogP contribution in [0.15, 0.2) is 64.6 Å². The number of hydrogen-bond acceptors (Lipinski definition) is 6. The molecule has 0 saturated heterocycles. The summed E-state index contributed by atoms with van der Waals surface area (Å²) in [7, 11) is -4.12. The van der Waals surface area contributed by atoms with Gasteiger partial charge in [-0.1, -0.05) is 23.8 Å². The molecule has 0 saturated carbocycles. The summed E-state index contributed by atoms with van der Waals surface area (Å²) in [6, 6.07) is 11.6. The van der Waals surface area contributed by atoms with Crippen LogP contribution in [-0.2, 0) is 10.0 Å². The number of hydrazone groups is 1.